The molecule has 0 N–H and O–H groups in total. The van der Waals surface area contributed by atoms with E-state index in [4.69, 9.17) is 23.2 Å². The third-order valence-electron chi connectivity index (χ3n) is 7.38. The first-order valence-electron chi connectivity index (χ1n) is 13.2. The van der Waals surface area contributed by atoms with Crippen molar-refractivity contribution < 1.29 is 14.0 Å². The molecule has 1 aliphatic rings. The van der Waals surface area contributed by atoms with Crippen molar-refractivity contribution in [3.63, 3.8) is 0 Å². The first-order chi connectivity index (χ1) is 19.4. The molecule has 0 aliphatic carbocycles. The SMILES string of the molecule is CCC(C(=O)N(CC(=O)N1CCc2sccc2C1c1ccc(Cl)cc1Cl)Cc1ccc(F)cc1)c1ccccc1. The maximum Gasteiger partial charge on any atom is 0.243 e. The van der Waals surface area contributed by atoms with E-state index in [0.29, 0.717) is 23.0 Å². The average Bonchev–Trinajstić information content (AvgIpc) is 3.44. The molecule has 0 bridgehead atoms. The molecule has 0 saturated heterocycles. The Bertz CT molecular complexity index is 1490. The Morgan fingerprint density at radius 3 is 2.48 bits per heavy atom. The van der Waals surface area contributed by atoms with Gasteiger partial charge < -0.3 is 9.80 Å². The minimum absolute atomic E-state index is 0.110. The molecule has 2 unspecified atom stereocenters. The maximum atomic E-state index is 14.1. The van der Waals surface area contributed by atoms with Gasteiger partial charge in [-0.25, -0.2) is 4.39 Å². The van der Waals surface area contributed by atoms with E-state index in [-0.39, 0.29) is 36.8 Å². The molecular weight excluding hydrogens is 566 g/mol. The monoisotopic (exact) mass is 594 g/mol. The van der Waals surface area contributed by atoms with Crippen LogP contribution in [0.3, 0.4) is 0 Å². The lowest BCUT2D eigenvalue weighted by molar-refractivity contribution is -0.143. The lowest BCUT2D eigenvalue weighted by Gasteiger charge is -2.38. The minimum Gasteiger partial charge on any atom is -0.330 e. The first-order valence-corrected chi connectivity index (χ1v) is 14.9. The number of carbonyl (C=O) groups is 2. The van der Waals surface area contributed by atoms with Crippen LogP contribution in [0.2, 0.25) is 10.0 Å². The third-order valence-corrected chi connectivity index (χ3v) is 8.94. The highest BCUT2D eigenvalue weighted by atomic mass is 35.5. The second-order valence-corrected chi connectivity index (χ2v) is 11.7. The molecule has 206 valence electrons. The molecule has 0 saturated carbocycles. The predicted octanol–water partition coefficient (Wildman–Crippen LogP) is 7.89. The van der Waals surface area contributed by atoms with Gasteiger partial charge in [0.25, 0.3) is 0 Å². The van der Waals surface area contributed by atoms with E-state index in [9.17, 15) is 14.0 Å². The average molecular weight is 596 g/mol. The molecule has 1 aliphatic heterocycles. The third kappa shape index (κ3) is 6.09. The van der Waals surface area contributed by atoms with Crippen LogP contribution in [0.5, 0.6) is 0 Å². The summed E-state index contributed by atoms with van der Waals surface area (Å²) >= 11 is 14.5. The highest BCUT2D eigenvalue weighted by Gasteiger charge is 2.36. The molecule has 1 aromatic heterocycles. The van der Waals surface area contributed by atoms with E-state index in [2.05, 4.69) is 0 Å². The molecular formula is C32H29Cl2FN2O2S. The maximum absolute atomic E-state index is 14.1. The number of benzene rings is 3. The molecule has 2 atom stereocenters. The summed E-state index contributed by atoms with van der Waals surface area (Å²) in [5, 5.41) is 3.05. The predicted molar refractivity (Wildman–Crippen MR) is 159 cm³/mol. The molecule has 0 fully saturated rings. The Morgan fingerprint density at radius 2 is 1.77 bits per heavy atom. The van der Waals surface area contributed by atoms with Crippen molar-refractivity contribution in [2.24, 2.45) is 0 Å². The van der Waals surface area contributed by atoms with E-state index in [1.807, 2.05) is 59.7 Å². The Balaban J connectivity index is 1.48. The largest absolute Gasteiger partial charge is 0.330 e. The van der Waals surface area contributed by atoms with E-state index < -0.39 is 5.92 Å². The summed E-state index contributed by atoms with van der Waals surface area (Å²) in [6.45, 7) is 2.55. The van der Waals surface area contributed by atoms with Crippen LogP contribution < -0.4 is 0 Å². The summed E-state index contributed by atoms with van der Waals surface area (Å²) in [4.78, 5) is 32.7. The first kappa shape index (κ1) is 28.3. The van der Waals surface area contributed by atoms with Crippen LogP contribution in [0.4, 0.5) is 4.39 Å². The van der Waals surface area contributed by atoms with E-state index >= 15 is 0 Å². The number of amides is 2. The summed E-state index contributed by atoms with van der Waals surface area (Å²) in [6.07, 6.45) is 1.32. The molecule has 8 heteroatoms. The second-order valence-electron chi connectivity index (χ2n) is 9.90. The Kier molecular flexibility index (Phi) is 8.89. The van der Waals surface area contributed by atoms with Gasteiger partial charge in [-0.3, -0.25) is 9.59 Å². The van der Waals surface area contributed by atoms with E-state index in [0.717, 1.165) is 28.7 Å². The summed E-state index contributed by atoms with van der Waals surface area (Å²) in [7, 11) is 0. The van der Waals surface area contributed by atoms with Gasteiger partial charge in [0.2, 0.25) is 11.8 Å². The number of carbonyl (C=O) groups excluding carboxylic acids is 2. The Labute approximate surface area is 248 Å². The fourth-order valence-electron chi connectivity index (χ4n) is 5.38. The second kappa shape index (κ2) is 12.5. The van der Waals surface area contributed by atoms with Crippen molar-refractivity contribution in [2.75, 3.05) is 13.1 Å². The molecule has 5 rings (SSSR count). The quantitative estimate of drug-likeness (QED) is 0.208. The summed E-state index contributed by atoms with van der Waals surface area (Å²) in [5.74, 6) is -1.07. The van der Waals surface area contributed by atoms with Crippen LogP contribution in [0, 0.1) is 5.82 Å². The van der Waals surface area contributed by atoms with E-state index in [1.165, 1.54) is 17.0 Å². The van der Waals surface area contributed by atoms with Crippen molar-refractivity contribution in [2.45, 2.75) is 38.3 Å². The van der Waals surface area contributed by atoms with Crippen LogP contribution in [0.15, 0.2) is 84.2 Å². The van der Waals surface area contributed by atoms with Gasteiger partial charge in [0.15, 0.2) is 0 Å². The van der Waals surface area contributed by atoms with Crippen molar-refractivity contribution in [1.82, 2.24) is 9.80 Å². The molecule has 2 amide bonds. The lowest BCUT2D eigenvalue weighted by atomic mass is 9.92. The number of hydrogen-bond acceptors (Lipinski definition) is 3. The van der Waals surface area contributed by atoms with Crippen LogP contribution in [-0.4, -0.2) is 34.7 Å². The molecule has 40 heavy (non-hydrogen) atoms. The van der Waals surface area contributed by atoms with Gasteiger partial charge in [0, 0.05) is 28.0 Å². The topological polar surface area (TPSA) is 40.6 Å². The normalized spacial score (nSPS) is 15.4. The zero-order chi connectivity index (χ0) is 28.2. The number of fused-ring (bicyclic) bond motifs is 1. The fourth-order valence-corrected chi connectivity index (χ4v) is 6.79. The standard InChI is InChI=1S/C32H29Cl2FN2O2S/c1-2-25(22-6-4-3-5-7-22)32(39)36(19-21-8-11-24(35)12-9-21)20-30(38)37-16-14-29-27(15-17-40-29)31(37)26-13-10-23(33)18-28(26)34/h3-13,15,17-18,25,31H,2,14,16,19-20H2,1H3. The highest BCUT2D eigenvalue weighted by Crippen LogP contribution is 2.41. The smallest absolute Gasteiger partial charge is 0.243 e. The van der Waals surface area contributed by atoms with Gasteiger partial charge >= 0.3 is 0 Å². The number of nitrogens with zero attached hydrogens (tertiary/aromatic N) is 2. The van der Waals surface area contributed by atoms with Crippen molar-refractivity contribution in [3.8, 4) is 0 Å². The van der Waals surface area contributed by atoms with Gasteiger partial charge in [-0.1, -0.05) is 78.7 Å². The Hall–Kier alpha value is -3.19. The number of hydrogen-bond donors (Lipinski definition) is 0. The summed E-state index contributed by atoms with van der Waals surface area (Å²) in [6, 6.07) is 22.6. The van der Waals surface area contributed by atoms with Gasteiger partial charge in [0.05, 0.1) is 12.0 Å². The van der Waals surface area contributed by atoms with Crippen LogP contribution in [-0.2, 0) is 22.6 Å². The molecule has 3 aromatic carbocycles. The fraction of sp³-hybridized carbons (Fsp3) is 0.250. The molecule has 2 heterocycles. The molecule has 0 radical (unpaired) electrons. The van der Waals surface area contributed by atoms with Crippen molar-refractivity contribution in [3.05, 3.63) is 127 Å². The number of halogens is 3. The molecule has 0 spiro atoms. The van der Waals surface area contributed by atoms with Crippen LogP contribution >= 0.6 is 34.5 Å². The minimum atomic E-state index is -0.402. The summed E-state index contributed by atoms with van der Waals surface area (Å²) < 4.78 is 13.6. The highest BCUT2D eigenvalue weighted by molar-refractivity contribution is 7.10. The van der Waals surface area contributed by atoms with Gasteiger partial charge in [-0.05, 0) is 70.8 Å². The van der Waals surface area contributed by atoms with Gasteiger partial charge in [0.1, 0.15) is 12.4 Å². The zero-order valence-electron chi connectivity index (χ0n) is 22.0. The van der Waals surface area contributed by atoms with Gasteiger partial charge in [-0.2, -0.15) is 0 Å². The van der Waals surface area contributed by atoms with Crippen molar-refractivity contribution in [1.29, 1.82) is 0 Å². The van der Waals surface area contributed by atoms with Crippen LogP contribution in [0.1, 0.15) is 52.4 Å². The van der Waals surface area contributed by atoms with Crippen LogP contribution in [0.25, 0.3) is 0 Å². The summed E-state index contributed by atoms with van der Waals surface area (Å²) in [5.41, 5.74) is 3.49. The molecule has 4 nitrogen and oxygen atoms in total. The molecule has 4 aromatic rings. The Morgan fingerprint density at radius 1 is 1.02 bits per heavy atom. The number of thiophene rings is 1. The van der Waals surface area contributed by atoms with Gasteiger partial charge in [-0.15, -0.1) is 11.3 Å². The lowest BCUT2D eigenvalue weighted by Crippen LogP contribution is -2.47. The van der Waals surface area contributed by atoms with E-state index in [1.54, 1.807) is 40.5 Å². The zero-order valence-corrected chi connectivity index (χ0v) is 24.4. The number of rotatable bonds is 8. The van der Waals surface area contributed by atoms with Crippen molar-refractivity contribution >= 4 is 46.4 Å².